The van der Waals surface area contributed by atoms with Gasteiger partial charge in [0.15, 0.2) is 0 Å². The maximum absolute atomic E-state index is 10.4. The van der Waals surface area contributed by atoms with Crippen LogP contribution in [-0.4, -0.2) is 22.6 Å². The van der Waals surface area contributed by atoms with Crippen LogP contribution < -0.4 is 0 Å². The molecule has 0 radical (unpaired) electrons. The largest absolute Gasteiger partial charge is 0.506 e. The Balaban J connectivity index is 1.73. The summed E-state index contributed by atoms with van der Waals surface area (Å²) in [5, 5.41) is 10.4. The Morgan fingerprint density at radius 1 is 1.24 bits per heavy atom. The molecule has 2 bridgehead atoms. The standard InChI is InChI=1S/C21H23Br2NO/c1-13-17-11-15-10-16(22)20(25)19(23)18(15)21(13,2)8-9-24(17)12-14-6-4-3-5-7-14/h3-7,10,13,17,25H,8-9,11-12H2,1-2H3/t13-,17+,21+/m1/s1. The second kappa shape index (κ2) is 6.40. The van der Waals surface area contributed by atoms with Gasteiger partial charge >= 0.3 is 0 Å². The Hall–Kier alpha value is -0.840. The van der Waals surface area contributed by atoms with Crippen molar-refractivity contribution >= 4 is 31.9 Å². The first-order valence-electron chi connectivity index (χ1n) is 8.90. The highest BCUT2D eigenvalue weighted by Gasteiger charge is 2.49. The molecule has 1 fully saturated rings. The third kappa shape index (κ3) is 2.77. The van der Waals surface area contributed by atoms with Crippen molar-refractivity contribution in [3.8, 4) is 5.75 Å². The third-order valence-corrected chi connectivity index (χ3v) is 7.85. The van der Waals surface area contributed by atoms with Gasteiger partial charge in [-0.15, -0.1) is 0 Å². The Morgan fingerprint density at radius 2 is 1.96 bits per heavy atom. The maximum atomic E-state index is 10.4. The topological polar surface area (TPSA) is 23.5 Å². The van der Waals surface area contributed by atoms with Gasteiger partial charge in [0.05, 0.1) is 8.95 Å². The molecule has 132 valence electrons. The molecule has 1 saturated heterocycles. The molecule has 0 spiro atoms. The van der Waals surface area contributed by atoms with Crippen LogP contribution in [0.15, 0.2) is 45.3 Å². The minimum atomic E-state index is 0.0997. The summed E-state index contributed by atoms with van der Waals surface area (Å²) < 4.78 is 1.66. The van der Waals surface area contributed by atoms with Gasteiger partial charge in [0.2, 0.25) is 0 Å². The molecule has 0 amide bonds. The minimum Gasteiger partial charge on any atom is -0.506 e. The van der Waals surface area contributed by atoms with Crippen LogP contribution in [0.1, 0.15) is 37.0 Å². The average molecular weight is 465 g/mol. The fourth-order valence-electron chi connectivity index (χ4n) is 4.84. The van der Waals surface area contributed by atoms with E-state index in [0.717, 1.165) is 34.9 Å². The SMILES string of the molecule is C[C@@H]1[C@@H]2Cc3cc(Br)c(O)c(Br)c3[C@@]1(C)CCN2Cc1ccccc1. The molecule has 2 aliphatic rings. The number of aromatic hydroxyl groups is 1. The maximum Gasteiger partial charge on any atom is 0.144 e. The number of hydrogen-bond donors (Lipinski definition) is 1. The molecular formula is C21H23Br2NO. The number of phenols is 1. The van der Waals surface area contributed by atoms with Crippen molar-refractivity contribution in [1.82, 2.24) is 4.90 Å². The Labute approximate surface area is 166 Å². The summed E-state index contributed by atoms with van der Waals surface area (Å²) >= 11 is 7.19. The molecule has 2 aromatic rings. The lowest BCUT2D eigenvalue weighted by Gasteiger charge is -2.55. The van der Waals surface area contributed by atoms with E-state index in [0.29, 0.717) is 17.7 Å². The van der Waals surface area contributed by atoms with Crippen molar-refractivity contribution in [2.75, 3.05) is 6.54 Å². The van der Waals surface area contributed by atoms with Gasteiger partial charge in [-0.1, -0.05) is 44.2 Å². The number of rotatable bonds is 2. The molecule has 0 aromatic heterocycles. The number of benzene rings is 2. The number of nitrogens with zero attached hydrogens (tertiary/aromatic N) is 1. The second-order valence-corrected chi connectivity index (χ2v) is 9.39. The average Bonchev–Trinajstić information content (AvgIpc) is 2.59. The fourth-order valence-corrected chi connectivity index (χ4v) is 6.51. The van der Waals surface area contributed by atoms with Gasteiger partial charge in [0.25, 0.3) is 0 Å². The summed E-state index contributed by atoms with van der Waals surface area (Å²) in [6, 6.07) is 13.4. The minimum absolute atomic E-state index is 0.0997. The number of halogens is 2. The summed E-state index contributed by atoms with van der Waals surface area (Å²) in [6.07, 6.45) is 2.15. The first-order chi connectivity index (χ1) is 11.9. The molecule has 2 aromatic carbocycles. The van der Waals surface area contributed by atoms with Gasteiger partial charge in [-0.3, -0.25) is 4.90 Å². The molecule has 1 heterocycles. The quantitative estimate of drug-likeness (QED) is 0.621. The lowest BCUT2D eigenvalue weighted by Crippen LogP contribution is -2.57. The van der Waals surface area contributed by atoms with E-state index in [1.165, 1.54) is 16.7 Å². The van der Waals surface area contributed by atoms with E-state index in [-0.39, 0.29) is 5.41 Å². The van der Waals surface area contributed by atoms with E-state index in [2.05, 4.69) is 87.0 Å². The van der Waals surface area contributed by atoms with Crippen LogP contribution in [0.25, 0.3) is 0 Å². The number of fused-ring (bicyclic) bond motifs is 4. The third-order valence-electron chi connectivity index (χ3n) is 6.47. The van der Waals surface area contributed by atoms with Crippen LogP contribution in [-0.2, 0) is 18.4 Å². The molecule has 0 unspecified atom stereocenters. The Bertz CT molecular complexity index is 807. The highest BCUT2D eigenvalue weighted by Crippen LogP contribution is 2.54. The van der Waals surface area contributed by atoms with Crippen LogP contribution in [0.3, 0.4) is 0 Å². The molecule has 1 aliphatic carbocycles. The van der Waals surface area contributed by atoms with E-state index < -0.39 is 0 Å². The lowest BCUT2D eigenvalue weighted by molar-refractivity contribution is 0.0253. The summed E-state index contributed by atoms with van der Waals surface area (Å²) in [4.78, 5) is 2.65. The zero-order chi connectivity index (χ0) is 17.8. The molecule has 4 heteroatoms. The molecule has 3 atom stereocenters. The van der Waals surface area contributed by atoms with Crippen LogP contribution in [0.5, 0.6) is 5.75 Å². The first kappa shape index (κ1) is 17.6. The van der Waals surface area contributed by atoms with Crippen LogP contribution in [0, 0.1) is 5.92 Å². The van der Waals surface area contributed by atoms with Gasteiger partial charge in [-0.2, -0.15) is 0 Å². The highest BCUT2D eigenvalue weighted by atomic mass is 79.9. The van der Waals surface area contributed by atoms with Crippen molar-refractivity contribution in [1.29, 1.82) is 0 Å². The number of phenolic OH excluding ortho intramolecular Hbond substituents is 1. The van der Waals surface area contributed by atoms with Crippen LogP contribution >= 0.6 is 31.9 Å². The predicted molar refractivity (Wildman–Crippen MR) is 109 cm³/mol. The van der Waals surface area contributed by atoms with Crippen LogP contribution in [0.2, 0.25) is 0 Å². The van der Waals surface area contributed by atoms with Crippen molar-refractivity contribution in [2.24, 2.45) is 5.92 Å². The Morgan fingerprint density at radius 3 is 2.68 bits per heavy atom. The van der Waals surface area contributed by atoms with E-state index in [9.17, 15) is 5.11 Å². The zero-order valence-corrected chi connectivity index (χ0v) is 17.8. The van der Waals surface area contributed by atoms with Crippen LogP contribution in [0.4, 0.5) is 0 Å². The summed E-state index contributed by atoms with van der Waals surface area (Å²) in [6.45, 7) is 6.88. The number of piperidine rings is 1. The van der Waals surface area contributed by atoms with Gasteiger partial charge in [0.1, 0.15) is 5.75 Å². The van der Waals surface area contributed by atoms with Gasteiger partial charge in [-0.05, 0) is 85.3 Å². The summed E-state index contributed by atoms with van der Waals surface area (Å²) in [7, 11) is 0. The number of likely N-dealkylation sites (tertiary alicyclic amines) is 1. The molecule has 0 saturated carbocycles. The fraction of sp³-hybridized carbons (Fsp3) is 0.429. The normalized spacial score (nSPS) is 28.6. The van der Waals surface area contributed by atoms with Gasteiger partial charge in [-0.25, -0.2) is 0 Å². The molecule has 1 aliphatic heterocycles. The Kier molecular flexibility index (Phi) is 4.50. The lowest BCUT2D eigenvalue weighted by atomic mass is 9.59. The van der Waals surface area contributed by atoms with E-state index in [4.69, 9.17) is 0 Å². The van der Waals surface area contributed by atoms with Crippen molar-refractivity contribution in [2.45, 2.75) is 44.7 Å². The molecule has 1 N–H and O–H groups in total. The smallest absolute Gasteiger partial charge is 0.144 e. The van der Waals surface area contributed by atoms with E-state index in [1.54, 1.807) is 0 Å². The molecular weight excluding hydrogens is 442 g/mol. The predicted octanol–water partition coefficient (Wildman–Crippen LogP) is 5.64. The van der Waals surface area contributed by atoms with Gasteiger partial charge < -0.3 is 5.11 Å². The number of hydrogen-bond acceptors (Lipinski definition) is 2. The van der Waals surface area contributed by atoms with E-state index in [1.807, 2.05) is 0 Å². The van der Waals surface area contributed by atoms with E-state index >= 15 is 0 Å². The summed E-state index contributed by atoms with van der Waals surface area (Å²) in [5.41, 5.74) is 4.16. The molecule has 4 rings (SSSR count). The molecule has 25 heavy (non-hydrogen) atoms. The monoisotopic (exact) mass is 463 g/mol. The first-order valence-corrected chi connectivity index (χ1v) is 10.5. The second-order valence-electron chi connectivity index (χ2n) is 7.74. The zero-order valence-electron chi connectivity index (χ0n) is 14.6. The highest BCUT2D eigenvalue weighted by molar-refractivity contribution is 9.11. The van der Waals surface area contributed by atoms with Gasteiger partial charge in [0, 0.05) is 12.6 Å². The van der Waals surface area contributed by atoms with Crippen molar-refractivity contribution in [3.63, 3.8) is 0 Å². The van der Waals surface area contributed by atoms with Crippen molar-refractivity contribution in [3.05, 3.63) is 62.0 Å². The summed E-state index contributed by atoms with van der Waals surface area (Å²) in [5.74, 6) is 0.881. The molecule has 2 nitrogen and oxygen atoms in total. The van der Waals surface area contributed by atoms with Crippen molar-refractivity contribution < 1.29 is 5.11 Å².